The van der Waals surface area contributed by atoms with E-state index in [-0.39, 0.29) is 23.7 Å². The predicted molar refractivity (Wildman–Crippen MR) is 95.5 cm³/mol. The molecule has 24 heavy (non-hydrogen) atoms. The lowest BCUT2D eigenvalue weighted by atomic mass is 10.2. The quantitative estimate of drug-likeness (QED) is 0.554. The maximum atomic E-state index is 14.1. The number of anilines is 2. The first-order valence-electron chi connectivity index (χ1n) is 6.82. The summed E-state index contributed by atoms with van der Waals surface area (Å²) in [7, 11) is 3.97. The molecule has 0 saturated carbocycles. The number of rotatable bonds is 5. The number of ether oxygens (including phenoxy) is 1. The molecule has 7 nitrogen and oxygen atoms in total. The maximum Gasteiger partial charge on any atom is 0.332 e. The average molecular weight is 447 g/mol. The first-order chi connectivity index (χ1) is 11.3. The molecular weight excluding hydrogens is 432 g/mol. The number of Topliss-reactive ketones (excluding diaryl/α,β-unsaturated/α-hetero) is 1. The van der Waals surface area contributed by atoms with Crippen LogP contribution in [-0.2, 0) is 18.8 Å². The average Bonchev–Trinajstić information content (AvgIpc) is 2.53. The number of benzene rings is 1. The van der Waals surface area contributed by atoms with Gasteiger partial charge in [0.2, 0.25) is 0 Å². The molecule has 0 unspecified atom stereocenters. The van der Waals surface area contributed by atoms with Crippen LogP contribution in [0.5, 0.6) is 0 Å². The van der Waals surface area contributed by atoms with E-state index in [4.69, 9.17) is 4.74 Å². The van der Waals surface area contributed by atoms with Gasteiger partial charge in [-0.3, -0.25) is 18.7 Å². The summed E-state index contributed by atoms with van der Waals surface area (Å²) in [6.07, 6.45) is 0. The number of nitrogens with zero attached hydrogens (tertiary/aromatic N) is 2. The molecule has 128 valence electrons. The van der Waals surface area contributed by atoms with E-state index in [0.29, 0.717) is 3.57 Å². The molecule has 1 heterocycles. The van der Waals surface area contributed by atoms with Gasteiger partial charge < -0.3 is 10.1 Å². The minimum Gasteiger partial charge on any atom is -0.377 e. The highest BCUT2D eigenvalue weighted by Crippen LogP contribution is 2.22. The standard InChI is InChI=1S/C15H15FIN3O4/c1-19-13(18-10-5-4-8(17)6-9(10)16)12(11(21)7-24-3)14(22)20(2)15(19)23/h4-6,18H,7H2,1-3H3. The number of aromatic nitrogens is 2. The number of hydrogen-bond acceptors (Lipinski definition) is 5. The predicted octanol–water partition coefficient (Wildman–Crippen LogP) is 1.40. The van der Waals surface area contributed by atoms with E-state index in [2.05, 4.69) is 5.32 Å². The Hall–Kier alpha value is -2.01. The number of halogens is 2. The third-order valence-electron chi connectivity index (χ3n) is 3.40. The van der Waals surface area contributed by atoms with Crippen molar-refractivity contribution in [1.82, 2.24) is 9.13 Å². The smallest absolute Gasteiger partial charge is 0.332 e. The van der Waals surface area contributed by atoms with Crippen LogP contribution in [0.15, 0.2) is 27.8 Å². The van der Waals surface area contributed by atoms with E-state index in [1.165, 1.54) is 33.3 Å². The van der Waals surface area contributed by atoms with E-state index in [9.17, 15) is 18.8 Å². The summed E-state index contributed by atoms with van der Waals surface area (Å²) in [6.45, 7) is -0.336. The second-order valence-electron chi connectivity index (χ2n) is 5.03. The first kappa shape index (κ1) is 18.3. The maximum absolute atomic E-state index is 14.1. The summed E-state index contributed by atoms with van der Waals surface area (Å²) in [4.78, 5) is 36.7. The Kier molecular flexibility index (Phi) is 5.54. The lowest BCUT2D eigenvalue weighted by Gasteiger charge is -2.16. The highest BCUT2D eigenvalue weighted by molar-refractivity contribution is 14.1. The van der Waals surface area contributed by atoms with Gasteiger partial charge in [0, 0.05) is 24.8 Å². The molecule has 0 spiro atoms. The fourth-order valence-corrected chi connectivity index (χ4v) is 2.62. The minimum atomic E-state index is -0.770. The van der Waals surface area contributed by atoms with Crippen molar-refractivity contribution in [1.29, 1.82) is 0 Å². The molecule has 0 aliphatic heterocycles. The molecule has 1 aromatic carbocycles. The van der Waals surface area contributed by atoms with Crippen molar-refractivity contribution in [3.05, 3.63) is 54.0 Å². The highest BCUT2D eigenvalue weighted by atomic mass is 127. The van der Waals surface area contributed by atoms with Crippen LogP contribution >= 0.6 is 22.6 Å². The lowest BCUT2D eigenvalue weighted by molar-refractivity contribution is 0.0846. The van der Waals surface area contributed by atoms with Gasteiger partial charge in [0.1, 0.15) is 23.8 Å². The van der Waals surface area contributed by atoms with E-state index in [1.807, 2.05) is 22.6 Å². The van der Waals surface area contributed by atoms with Gasteiger partial charge in [0.25, 0.3) is 5.56 Å². The number of carbonyl (C=O) groups is 1. The van der Waals surface area contributed by atoms with E-state index in [1.54, 1.807) is 6.07 Å². The number of ketones is 1. The molecule has 0 aliphatic carbocycles. The van der Waals surface area contributed by atoms with Crippen LogP contribution in [0.1, 0.15) is 10.4 Å². The third kappa shape index (κ3) is 3.41. The van der Waals surface area contributed by atoms with Crippen molar-refractivity contribution in [2.75, 3.05) is 19.0 Å². The lowest BCUT2D eigenvalue weighted by Crippen LogP contribution is -2.41. The fraction of sp³-hybridized carbons (Fsp3) is 0.267. The Morgan fingerprint density at radius 2 is 1.96 bits per heavy atom. The van der Waals surface area contributed by atoms with Gasteiger partial charge in [-0.1, -0.05) is 0 Å². The molecule has 2 rings (SSSR count). The molecule has 0 atom stereocenters. The Morgan fingerprint density at radius 1 is 1.29 bits per heavy atom. The number of nitrogens with one attached hydrogen (secondary N) is 1. The van der Waals surface area contributed by atoms with Crippen LogP contribution in [0.2, 0.25) is 0 Å². The second kappa shape index (κ2) is 7.26. The summed E-state index contributed by atoms with van der Waals surface area (Å²) < 4.78 is 21.4. The van der Waals surface area contributed by atoms with Crippen molar-refractivity contribution in [3.8, 4) is 0 Å². The summed E-state index contributed by atoms with van der Waals surface area (Å²) in [5.41, 5.74) is -1.62. The molecule has 1 N–H and O–H groups in total. The molecule has 0 aliphatic rings. The normalized spacial score (nSPS) is 10.7. The summed E-state index contributed by atoms with van der Waals surface area (Å²) in [5, 5.41) is 2.68. The Morgan fingerprint density at radius 3 is 2.54 bits per heavy atom. The summed E-state index contributed by atoms with van der Waals surface area (Å²) in [6, 6.07) is 4.41. The number of carbonyl (C=O) groups excluding carboxylic acids is 1. The summed E-state index contributed by atoms with van der Waals surface area (Å²) >= 11 is 1.96. The van der Waals surface area contributed by atoms with Crippen LogP contribution in [0, 0.1) is 9.39 Å². The number of hydrogen-bond donors (Lipinski definition) is 1. The van der Waals surface area contributed by atoms with Gasteiger partial charge in [-0.15, -0.1) is 0 Å². The molecular formula is C15H15FIN3O4. The zero-order valence-corrected chi connectivity index (χ0v) is 15.4. The van der Waals surface area contributed by atoms with Gasteiger partial charge in [0.05, 0.1) is 5.69 Å². The monoisotopic (exact) mass is 447 g/mol. The van der Waals surface area contributed by atoms with Crippen LogP contribution in [-0.4, -0.2) is 28.6 Å². The molecule has 0 radical (unpaired) electrons. The van der Waals surface area contributed by atoms with Crippen molar-refractivity contribution < 1.29 is 13.9 Å². The van der Waals surface area contributed by atoms with E-state index >= 15 is 0 Å². The van der Waals surface area contributed by atoms with Gasteiger partial charge in [0.15, 0.2) is 5.78 Å². The minimum absolute atomic E-state index is 0.0464. The van der Waals surface area contributed by atoms with E-state index in [0.717, 1.165) is 9.13 Å². The number of methoxy groups -OCH3 is 1. The molecule has 2 aromatic rings. The highest BCUT2D eigenvalue weighted by Gasteiger charge is 2.22. The van der Waals surface area contributed by atoms with Crippen LogP contribution in [0.4, 0.5) is 15.9 Å². The van der Waals surface area contributed by atoms with Crippen LogP contribution < -0.4 is 16.6 Å². The van der Waals surface area contributed by atoms with Crippen molar-refractivity contribution in [3.63, 3.8) is 0 Å². The topological polar surface area (TPSA) is 82.3 Å². The molecule has 0 saturated heterocycles. The third-order valence-corrected chi connectivity index (χ3v) is 4.07. The van der Waals surface area contributed by atoms with Gasteiger partial charge in [-0.05, 0) is 40.8 Å². The van der Waals surface area contributed by atoms with Crippen LogP contribution in [0.3, 0.4) is 0 Å². The Balaban J connectivity index is 2.69. The SMILES string of the molecule is COCC(=O)c1c(Nc2ccc(I)cc2F)n(C)c(=O)n(C)c1=O. The summed E-state index contributed by atoms with van der Waals surface area (Å²) in [5.74, 6) is -1.26. The van der Waals surface area contributed by atoms with Crippen molar-refractivity contribution in [2.24, 2.45) is 14.1 Å². The Labute approximate surface area is 150 Å². The molecule has 0 amide bonds. The van der Waals surface area contributed by atoms with Gasteiger partial charge in [-0.25, -0.2) is 9.18 Å². The largest absolute Gasteiger partial charge is 0.377 e. The van der Waals surface area contributed by atoms with Crippen LogP contribution in [0.25, 0.3) is 0 Å². The fourth-order valence-electron chi connectivity index (χ4n) is 2.16. The van der Waals surface area contributed by atoms with Gasteiger partial charge in [-0.2, -0.15) is 0 Å². The zero-order chi connectivity index (χ0) is 18.0. The molecule has 9 heteroatoms. The molecule has 1 aromatic heterocycles. The van der Waals surface area contributed by atoms with Gasteiger partial charge >= 0.3 is 5.69 Å². The first-order valence-corrected chi connectivity index (χ1v) is 7.90. The zero-order valence-electron chi connectivity index (χ0n) is 13.2. The Bertz CT molecular complexity index is 920. The van der Waals surface area contributed by atoms with E-state index < -0.39 is 22.8 Å². The van der Waals surface area contributed by atoms with Crippen molar-refractivity contribution >= 4 is 39.9 Å². The molecule has 0 fully saturated rings. The second-order valence-corrected chi connectivity index (χ2v) is 6.28. The van der Waals surface area contributed by atoms with Crippen molar-refractivity contribution in [2.45, 2.75) is 0 Å². The molecule has 0 bridgehead atoms.